The summed E-state index contributed by atoms with van der Waals surface area (Å²) in [6, 6.07) is 11.6. The number of amides is 1. The number of nitrogens with zero attached hydrogens (tertiary/aromatic N) is 1. The predicted molar refractivity (Wildman–Crippen MR) is 111 cm³/mol. The second-order valence-electron chi connectivity index (χ2n) is 6.15. The first kappa shape index (κ1) is 21.6. The first-order chi connectivity index (χ1) is 14.5. The minimum Gasteiger partial charge on any atom is -0.473 e. The number of anilines is 1. The summed E-state index contributed by atoms with van der Waals surface area (Å²) in [5.74, 6) is 0.266. The number of rotatable bonds is 9. The van der Waals surface area contributed by atoms with Crippen molar-refractivity contribution < 1.29 is 23.0 Å². The third kappa shape index (κ3) is 5.69. The molecule has 7 nitrogen and oxygen atoms in total. The molecular weight excluding hydrogens is 462 g/mol. The first-order valence-electron chi connectivity index (χ1n) is 8.90. The van der Waals surface area contributed by atoms with Gasteiger partial charge < -0.3 is 20.1 Å². The molecule has 10 heteroatoms. The van der Waals surface area contributed by atoms with E-state index in [9.17, 15) is 13.6 Å². The van der Waals surface area contributed by atoms with Crippen LogP contribution in [0.4, 0.5) is 14.5 Å². The van der Waals surface area contributed by atoms with Crippen molar-refractivity contribution in [2.45, 2.75) is 19.8 Å². The molecule has 0 atom stereocenters. The normalized spacial score (nSPS) is 10.7. The third-order valence-electron chi connectivity index (χ3n) is 4.13. The zero-order valence-electron chi connectivity index (χ0n) is 15.9. The molecule has 0 aliphatic carbocycles. The van der Waals surface area contributed by atoms with Gasteiger partial charge in [0.1, 0.15) is 12.4 Å². The van der Waals surface area contributed by atoms with E-state index in [1.807, 2.05) is 0 Å². The Balaban J connectivity index is 1.81. The van der Waals surface area contributed by atoms with E-state index in [2.05, 4.69) is 41.5 Å². The van der Waals surface area contributed by atoms with E-state index < -0.39 is 6.61 Å². The standard InChI is InChI=1S/C20H19BrF2N4O3/c1-24-19(28)15-4-3-14(21)9-16(15)25-10-13-8-12(2-5-17(13)30-20(22)23)11-29-18-6-7-26-27-18/h2-9,20,25H,10-11H2,1H3,(H,24,28)(H,26,27). The number of carbonyl (C=O) groups excluding carboxylic acids is 1. The zero-order valence-corrected chi connectivity index (χ0v) is 17.5. The smallest absolute Gasteiger partial charge is 0.387 e. The van der Waals surface area contributed by atoms with Gasteiger partial charge in [-0.1, -0.05) is 22.0 Å². The Hall–Kier alpha value is -3.14. The maximum atomic E-state index is 12.8. The lowest BCUT2D eigenvalue weighted by Crippen LogP contribution is -2.19. The van der Waals surface area contributed by atoms with Crippen molar-refractivity contribution in [3.8, 4) is 11.6 Å². The average Bonchev–Trinajstić information content (AvgIpc) is 3.24. The minimum absolute atomic E-state index is 0.0410. The van der Waals surface area contributed by atoms with Crippen LogP contribution in [0, 0.1) is 0 Å². The molecule has 3 rings (SSSR count). The first-order valence-corrected chi connectivity index (χ1v) is 9.70. The van der Waals surface area contributed by atoms with E-state index in [-0.39, 0.29) is 24.8 Å². The lowest BCUT2D eigenvalue weighted by Gasteiger charge is -2.16. The summed E-state index contributed by atoms with van der Waals surface area (Å²) in [5.41, 5.74) is 2.22. The molecule has 1 amide bonds. The number of ether oxygens (including phenoxy) is 2. The van der Waals surface area contributed by atoms with Crippen molar-refractivity contribution in [3.63, 3.8) is 0 Å². The van der Waals surface area contributed by atoms with E-state index in [1.165, 1.54) is 13.1 Å². The maximum absolute atomic E-state index is 12.8. The number of hydrogen-bond acceptors (Lipinski definition) is 5. The van der Waals surface area contributed by atoms with E-state index in [0.717, 1.165) is 10.0 Å². The molecular formula is C20H19BrF2N4O3. The molecule has 158 valence electrons. The molecule has 0 bridgehead atoms. The van der Waals surface area contributed by atoms with Crippen LogP contribution in [0.15, 0.2) is 53.1 Å². The number of aromatic amines is 1. The SMILES string of the molecule is CNC(=O)c1ccc(Br)cc1NCc1cc(COc2ccn[nH]2)ccc1OC(F)F. The molecule has 3 N–H and O–H groups in total. The summed E-state index contributed by atoms with van der Waals surface area (Å²) in [5, 5.41) is 12.2. The van der Waals surface area contributed by atoms with Crippen LogP contribution in [0.25, 0.3) is 0 Å². The third-order valence-corrected chi connectivity index (χ3v) is 4.63. The number of nitrogens with one attached hydrogen (secondary N) is 3. The molecule has 0 fully saturated rings. The number of alkyl halides is 2. The Labute approximate surface area is 179 Å². The van der Waals surface area contributed by atoms with E-state index in [4.69, 9.17) is 4.74 Å². The number of hydrogen-bond donors (Lipinski definition) is 3. The van der Waals surface area contributed by atoms with Crippen LogP contribution in [0.5, 0.6) is 11.6 Å². The number of aromatic nitrogens is 2. The molecule has 1 aromatic heterocycles. The fourth-order valence-corrected chi connectivity index (χ4v) is 3.10. The van der Waals surface area contributed by atoms with E-state index in [0.29, 0.717) is 22.7 Å². The van der Waals surface area contributed by atoms with Crippen LogP contribution in [-0.2, 0) is 13.2 Å². The predicted octanol–water partition coefficient (Wildman–Crippen LogP) is 4.32. The van der Waals surface area contributed by atoms with Crippen LogP contribution in [-0.4, -0.2) is 29.8 Å². The Morgan fingerprint density at radius 1 is 1.23 bits per heavy atom. The molecule has 0 radical (unpaired) electrons. The van der Waals surface area contributed by atoms with Crippen molar-refractivity contribution in [2.24, 2.45) is 0 Å². The Morgan fingerprint density at radius 2 is 2.07 bits per heavy atom. The summed E-state index contributed by atoms with van der Waals surface area (Å²) in [7, 11) is 1.53. The summed E-state index contributed by atoms with van der Waals surface area (Å²) in [6.07, 6.45) is 1.56. The molecule has 0 saturated heterocycles. The zero-order chi connectivity index (χ0) is 21.5. The number of carbonyl (C=O) groups is 1. The Kier molecular flexibility index (Phi) is 7.23. The van der Waals surface area contributed by atoms with Crippen LogP contribution >= 0.6 is 15.9 Å². The summed E-state index contributed by atoms with van der Waals surface area (Å²) >= 11 is 3.37. The molecule has 2 aromatic carbocycles. The highest BCUT2D eigenvalue weighted by atomic mass is 79.9. The molecule has 3 aromatic rings. The second-order valence-corrected chi connectivity index (χ2v) is 7.07. The lowest BCUT2D eigenvalue weighted by atomic mass is 10.1. The highest BCUT2D eigenvalue weighted by Gasteiger charge is 2.14. The molecule has 0 unspecified atom stereocenters. The topological polar surface area (TPSA) is 88.3 Å². The fraction of sp³-hybridized carbons (Fsp3) is 0.200. The van der Waals surface area contributed by atoms with Gasteiger partial charge in [-0.15, -0.1) is 0 Å². The van der Waals surface area contributed by atoms with Gasteiger partial charge in [0, 0.05) is 35.4 Å². The van der Waals surface area contributed by atoms with Crippen molar-refractivity contribution in [2.75, 3.05) is 12.4 Å². The molecule has 1 heterocycles. The van der Waals surface area contributed by atoms with Crippen molar-refractivity contribution >= 4 is 27.5 Å². The van der Waals surface area contributed by atoms with Gasteiger partial charge in [0.25, 0.3) is 5.91 Å². The van der Waals surface area contributed by atoms with Gasteiger partial charge in [0.2, 0.25) is 5.88 Å². The average molecular weight is 481 g/mol. The van der Waals surface area contributed by atoms with Gasteiger partial charge in [-0.3, -0.25) is 4.79 Å². The highest BCUT2D eigenvalue weighted by molar-refractivity contribution is 9.10. The van der Waals surface area contributed by atoms with Gasteiger partial charge in [0.15, 0.2) is 0 Å². The van der Waals surface area contributed by atoms with Crippen LogP contribution < -0.4 is 20.1 Å². The van der Waals surface area contributed by atoms with Crippen LogP contribution in [0.2, 0.25) is 0 Å². The Bertz CT molecular complexity index is 1000. The second kappa shape index (κ2) is 10.1. The van der Waals surface area contributed by atoms with Crippen LogP contribution in [0.1, 0.15) is 21.5 Å². The van der Waals surface area contributed by atoms with Gasteiger partial charge in [-0.25, -0.2) is 5.10 Å². The lowest BCUT2D eigenvalue weighted by molar-refractivity contribution is -0.0504. The number of H-pyrrole nitrogens is 1. The Morgan fingerprint density at radius 3 is 2.77 bits per heavy atom. The molecule has 0 aliphatic heterocycles. The van der Waals surface area contributed by atoms with Gasteiger partial charge >= 0.3 is 6.61 Å². The van der Waals surface area contributed by atoms with Crippen LogP contribution in [0.3, 0.4) is 0 Å². The van der Waals surface area contributed by atoms with Gasteiger partial charge in [-0.05, 0) is 35.9 Å². The number of benzene rings is 2. The van der Waals surface area contributed by atoms with E-state index in [1.54, 1.807) is 42.6 Å². The van der Waals surface area contributed by atoms with Gasteiger partial charge in [0.05, 0.1) is 11.8 Å². The van der Waals surface area contributed by atoms with E-state index >= 15 is 0 Å². The highest BCUT2D eigenvalue weighted by Crippen LogP contribution is 2.26. The largest absolute Gasteiger partial charge is 0.473 e. The summed E-state index contributed by atoms with van der Waals surface area (Å²) < 4.78 is 36.6. The number of halogens is 3. The quantitative estimate of drug-likeness (QED) is 0.424. The maximum Gasteiger partial charge on any atom is 0.387 e. The molecule has 0 saturated carbocycles. The van der Waals surface area contributed by atoms with Crippen molar-refractivity contribution in [3.05, 3.63) is 69.8 Å². The summed E-state index contributed by atoms with van der Waals surface area (Å²) in [4.78, 5) is 12.1. The van der Waals surface area contributed by atoms with Crippen molar-refractivity contribution in [1.82, 2.24) is 15.5 Å². The molecule has 0 aliphatic rings. The molecule has 0 spiro atoms. The van der Waals surface area contributed by atoms with Gasteiger partial charge in [-0.2, -0.15) is 13.9 Å². The molecule has 30 heavy (non-hydrogen) atoms. The summed E-state index contributed by atoms with van der Waals surface area (Å²) in [6.45, 7) is -2.59. The fourth-order valence-electron chi connectivity index (χ4n) is 2.74. The monoisotopic (exact) mass is 480 g/mol. The van der Waals surface area contributed by atoms with Crippen molar-refractivity contribution in [1.29, 1.82) is 0 Å². The minimum atomic E-state index is -2.96.